The first-order chi connectivity index (χ1) is 5.92. The van der Waals surface area contributed by atoms with Crippen molar-refractivity contribution < 1.29 is 9.32 Å². The van der Waals surface area contributed by atoms with Crippen LogP contribution in [0.3, 0.4) is 0 Å². The van der Waals surface area contributed by atoms with Crippen LogP contribution in [0.25, 0.3) is 0 Å². The van der Waals surface area contributed by atoms with Crippen LogP contribution in [0.1, 0.15) is 28.5 Å². The lowest BCUT2D eigenvalue weighted by atomic mass is 10.0. The topological polar surface area (TPSA) is 55.1 Å². The zero-order valence-electron chi connectivity index (χ0n) is 6.62. The van der Waals surface area contributed by atoms with Crippen molar-refractivity contribution in [1.29, 1.82) is 0 Å². The van der Waals surface area contributed by atoms with Gasteiger partial charge in [-0.3, -0.25) is 4.79 Å². The van der Waals surface area contributed by atoms with E-state index >= 15 is 0 Å². The van der Waals surface area contributed by atoms with E-state index in [4.69, 9.17) is 4.52 Å². The average molecular weight is 166 g/mol. The molecule has 1 aliphatic heterocycles. The predicted octanol–water partition coefficient (Wildman–Crippen LogP) is 0.564. The molecule has 0 radical (unpaired) electrons. The second-order valence-corrected chi connectivity index (χ2v) is 2.95. The zero-order chi connectivity index (χ0) is 8.39. The van der Waals surface area contributed by atoms with Gasteiger partial charge in [0.05, 0.1) is 11.8 Å². The SMILES string of the molecule is O=Cc1cnoc1C1CCNC1. The van der Waals surface area contributed by atoms with E-state index in [-0.39, 0.29) is 0 Å². The molecule has 1 fully saturated rings. The van der Waals surface area contributed by atoms with Gasteiger partial charge in [0.2, 0.25) is 0 Å². The third-order valence-electron chi connectivity index (χ3n) is 2.19. The van der Waals surface area contributed by atoms with E-state index in [1.165, 1.54) is 6.20 Å². The van der Waals surface area contributed by atoms with Crippen LogP contribution in [-0.4, -0.2) is 24.5 Å². The van der Waals surface area contributed by atoms with Gasteiger partial charge >= 0.3 is 0 Å². The Hall–Kier alpha value is -1.16. The second kappa shape index (κ2) is 3.06. The van der Waals surface area contributed by atoms with Crippen LogP contribution in [0, 0.1) is 0 Å². The summed E-state index contributed by atoms with van der Waals surface area (Å²) in [4.78, 5) is 10.5. The molecule has 64 valence electrons. The van der Waals surface area contributed by atoms with Gasteiger partial charge in [-0.1, -0.05) is 5.16 Å². The smallest absolute Gasteiger partial charge is 0.155 e. The van der Waals surface area contributed by atoms with Crippen LogP contribution < -0.4 is 5.32 Å². The van der Waals surface area contributed by atoms with Gasteiger partial charge in [-0.2, -0.15) is 0 Å². The highest BCUT2D eigenvalue weighted by Crippen LogP contribution is 2.24. The van der Waals surface area contributed by atoms with Gasteiger partial charge in [-0.15, -0.1) is 0 Å². The second-order valence-electron chi connectivity index (χ2n) is 2.95. The third kappa shape index (κ3) is 1.14. The molecule has 1 unspecified atom stereocenters. The Kier molecular flexibility index (Phi) is 1.91. The fraction of sp³-hybridized carbons (Fsp3) is 0.500. The fourth-order valence-electron chi connectivity index (χ4n) is 1.53. The molecular weight excluding hydrogens is 156 g/mol. The van der Waals surface area contributed by atoms with Gasteiger partial charge in [0.1, 0.15) is 0 Å². The van der Waals surface area contributed by atoms with E-state index in [1.807, 2.05) is 0 Å². The molecule has 0 saturated carbocycles. The van der Waals surface area contributed by atoms with Crippen molar-refractivity contribution in [2.45, 2.75) is 12.3 Å². The first kappa shape index (κ1) is 7.49. The Morgan fingerprint density at radius 2 is 2.67 bits per heavy atom. The largest absolute Gasteiger partial charge is 0.360 e. The summed E-state index contributed by atoms with van der Waals surface area (Å²) in [7, 11) is 0. The Morgan fingerprint density at radius 1 is 1.75 bits per heavy atom. The Morgan fingerprint density at radius 3 is 3.33 bits per heavy atom. The quantitative estimate of drug-likeness (QED) is 0.652. The predicted molar refractivity (Wildman–Crippen MR) is 42.1 cm³/mol. The number of rotatable bonds is 2. The molecule has 12 heavy (non-hydrogen) atoms. The van der Waals surface area contributed by atoms with E-state index in [2.05, 4.69) is 10.5 Å². The average Bonchev–Trinajstić information content (AvgIpc) is 2.74. The van der Waals surface area contributed by atoms with E-state index in [0.29, 0.717) is 11.5 Å². The minimum Gasteiger partial charge on any atom is -0.360 e. The number of carbonyl (C=O) groups is 1. The molecule has 0 spiro atoms. The van der Waals surface area contributed by atoms with E-state index in [9.17, 15) is 4.79 Å². The normalized spacial score (nSPS) is 22.8. The molecule has 1 aromatic rings. The molecule has 0 aliphatic carbocycles. The van der Waals surface area contributed by atoms with Gasteiger partial charge in [0.25, 0.3) is 0 Å². The van der Waals surface area contributed by atoms with E-state index < -0.39 is 0 Å². The van der Waals surface area contributed by atoms with Gasteiger partial charge in [-0.05, 0) is 13.0 Å². The maximum absolute atomic E-state index is 10.5. The lowest BCUT2D eigenvalue weighted by Crippen LogP contribution is -2.08. The zero-order valence-corrected chi connectivity index (χ0v) is 6.62. The standard InChI is InChI=1S/C8H10N2O2/c11-5-7-4-10-12-8(7)6-1-2-9-3-6/h4-6,9H,1-3H2. The molecular formula is C8H10N2O2. The van der Waals surface area contributed by atoms with Crippen molar-refractivity contribution in [3.63, 3.8) is 0 Å². The van der Waals surface area contributed by atoms with Crippen LogP contribution in [0.2, 0.25) is 0 Å². The first-order valence-electron chi connectivity index (χ1n) is 4.02. The Bertz CT molecular complexity index is 276. The van der Waals surface area contributed by atoms with Crippen LogP contribution in [0.4, 0.5) is 0 Å². The number of hydrogen-bond acceptors (Lipinski definition) is 4. The third-order valence-corrected chi connectivity index (χ3v) is 2.19. The fourth-order valence-corrected chi connectivity index (χ4v) is 1.53. The maximum Gasteiger partial charge on any atom is 0.155 e. The Labute approximate surface area is 69.9 Å². The van der Waals surface area contributed by atoms with Gasteiger partial charge in [-0.25, -0.2) is 0 Å². The summed E-state index contributed by atoms with van der Waals surface area (Å²) in [5.41, 5.74) is 0.587. The minimum absolute atomic E-state index is 0.327. The number of nitrogens with zero attached hydrogens (tertiary/aromatic N) is 1. The van der Waals surface area contributed by atoms with Crippen LogP contribution >= 0.6 is 0 Å². The van der Waals surface area contributed by atoms with Crippen molar-refractivity contribution >= 4 is 6.29 Å². The molecule has 4 heteroatoms. The van der Waals surface area contributed by atoms with Crippen LogP contribution in [0.15, 0.2) is 10.7 Å². The van der Waals surface area contributed by atoms with Gasteiger partial charge in [0.15, 0.2) is 12.0 Å². The molecule has 1 aliphatic rings. The summed E-state index contributed by atoms with van der Waals surface area (Å²) in [6, 6.07) is 0. The van der Waals surface area contributed by atoms with Crippen LogP contribution in [0.5, 0.6) is 0 Å². The summed E-state index contributed by atoms with van der Waals surface area (Å²) in [5.74, 6) is 1.06. The number of nitrogens with one attached hydrogen (secondary N) is 1. The molecule has 0 aromatic carbocycles. The van der Waals surface area contributed by atoms with Gasteiger partial charge in [0, 0.05) is 12.5 Å². The van der Waals surface area contributed by atoms with Crippen molar-refractivity contribution in [2.75, 3.05) is 13.1 Å². The molecule has 1 aromatic heterocycles. The summed E-state index contributed by atoms with van der Waals surface area (Å²) in [6.07, 6.45) is 3.29. The highest BCUT2D eigenvalue weighted by atomic mass is 16.5. The summed E-state index contributed by atoms with van der Waals surface area (Å²) in [5, 5.41) is 6.81. The van der Waals surface area contributed by atoms with E-state index in [0.717, 1.165) is 31.6 Å². The summed E-state index contributed by atoms with van der Waals surface area (Å²) in [6.45, 7) is 1.87. The van der Waals surface area contributed by atoms with E-state index in [1.54, 1.807) is 0 Å². The molecule has 1 atom stereocenters. The summed E-state index contributed by atoms with van der Waals surface area (Å²) >= 11 is 0. The number of carbonyl (C=O) groups excluding carboxylic acids is 1. The van der Waals surface area contributed by atoms with Crippen molar-refractivity contribution in [1.82, 2.24) is 10.5 Å². The van der Waals surface area contributed by atoms with Crippen LogP contribution in [-0.2, 0) is 0 Å². The highest BCUT2D eigenvalue weighted by molar-refractivity contribution is 5.75. The number of hydrogen-bond donors (Lipinski definition) is 1. The number of aldehydes is 1. The molecule has 1 saturated heterocycles. The van der Waals surface area contributed by atoms with Crippen molar-refractivity contribution in [2.24, 2.45) is 0 Å². The van der Waals surface area contributed by atoms with Gasteiger partial charge < -0.3 is 9.84 Å². The monoisotopic (exact) mass is 166 g/mol. The molecule has 4 nitrogen and oxygen atoms in total. The molecule has 1 N–H and O–H groups in total. The van der Waals surface area contributed by atoms with Crippen molar-refractivity contribution in [3.8, 4) is 0 Å². The van der Waals surface area contributed by atoms with Crippen molar-refractivity contribution in [3.05, 3.63) is 17.5 Å². The molecule has 0 amide bonds. The number of aromatic nitrogens is 1. The highest BCUT2D eigenvalue weighted by Gasteiger charge is 2.23. The Balaban J connectivity index is 2.25. The lowest BCUT2D eigenvalue weighted by molar-refractivity contribution is 0.112. The maximum atomic E-state index is 10.5. The molecule has 2 heterocycles. The molecule has 0 bridgehead atoms. The minimum atomic E-state index is 0.327. The first-order valence-corrected chi connectivity index (χ1v) is 4.02. The lowest BCUT2D eigenvalue weighted by Gasteiger charge is -2.01. The molecule has 2 rings (SSSR count). The summed E-state index contributed by atoms with van der Waals surface area (Å²) < 4.78 is 5.02.